The summed E-state index contributed by atoms with van der Waals surface area (Å²) in [6, 6.07) is 6.91. The Labute approximate surface area is 124 Å². The van der Waals surface area contributed by atoms with Crippen LogP contribution in [0.2, 0.25) is 0 Å². The number of urea groups is 1. The van der Waals surface area contributed by atoms with Crippen LogP contribution in [0.1, 0.15) is 22.3 Å². The number of likely N-dealkylation sites (N-methyl/N-ethyl adjacent to an activating group) is 1. The molecule has 5 nitrogen and oxygen atoms in total. The maximum atomic E-state index is 12.2. The molecule has 0 bridgehead atoms. The average Bonchev–Trinajstić information content (AvgIpc) is 2.52. The highest BCUT2D eigenvalue weighted by molar-refractivity contribution is 5.89. The molecule has 0 aromatic heterocycles. The average molecular weight is 288 g/mol. The first kappa shape index (κ1) is 15.1. The number of amides is 2. The van der Waals surface area contributed by atoms with E-state index in [9.17, 15) is 9.59 Å². The molecule has 0 radical (unpaired) electrons. The van der Waals surface area contributed by atoms with Crippen LogP contribution >= 0.6 is 0 Å². The van der Waals surface area contributed by atoms with Crippen LogP contribution in [0.25, 0.3) is 0 Å². The van der Waals surface area contributed by atoms with Crippen LogP contribution in [-0.2, 0) is 6.42 Å². The van der Waals surface area contributed by atoms with Crippen LogP contribution in [0.5, 0.6) is 0 Å². The predicted octanol–water partition coefficient (Wildman–Crippen LogP) is 2.24. The van der Waals surface area contributed by atoms with Crippen LogP contribution in [0, 0.1) is 0 Å². The van der Waals surface area contributed by atoms with Crippen molar-refractivity contribution in [1.82, 2.24) is 9.80 Å². The zero-order valence-electron chi connectivity index (χ0n) is 12.2. The Morgan fingerprint density at radius 3 is 2.71 bits per heavy atom. The fourth-order valence-corrected chi connectivity index (χ4v) is 2.39. The summed E-state index contributed by atoms with van der Waals surface area (Å²) in [5, 5.41) is 9.15. The summed E-state index contributed by atoms with van der Waals surface area (Å²) in [6.45, 7) is 1.89. The van der Waals surface area contributed by atoms with Gasteiger partial charge in [-0.2, -0.15) is 0 Å². The van der Waals surface area contributed by atoms with E-state index in [-0.39, 0.29) is 6.03 Å². The van der Waals surface area contributed by atoms with Gasteiger partial charge < -0.3 is 14.9 Å². The molecule has 1 aromatic rings. The lowest BCUT2D eigenvalue weighted by Crippen LogP contribution is -2.43. The van der Waals surface area contributed by atoms with Gasteiger partial charge in [-0.25, -0.2) is 9.59 Å². The number of carboxylic acid groups (broad SMARTS) is 1. The smallest absolute Gasteiger partial charge is 0.335 e. The van der Waals surface area contributed by atoms with Crippen molar-refractivity contribution >= 4 is 12.0 Å². The minimum Gasteiger partial charge on any atom is -0.478 e. The fourth-order valence-electron chi connectivity index (χ4n) is 2.39. The second kappa shape index (κ2) is 6.92. The van der Waals surface area contributed by atoms with Crippen LogP contribution in [-0.4, -0.2) is 53.6 Å². The van der Waals surface area contributed by atoms with Crippen LogP contribution in [0.4, 0.5) is 4.79 Å². The van der Waals surface area contributed by atoms with E-state index in [1.165, 1.54) is 0 Å². The molecule has 0 saturated heterocycles. The topological polar surface area (TPSA) is 60.9 Å². The van der Waals surface area contributed by atoms with Crippen molar-refractivity contribution in [3.63, 3.8) is 0 Å². The molecule has 2 rings (SSSR count). The van der Waals surface area contributed by atoms with E-state index < -0.39 is 5.97 Å². The summed E-state index contributed by atoms with van der Waals surface area (Å²) in [4.78, 5) is 26.8. The second-order valence-electron chi connectivity index (χ2n) is 5.12. The first-order valence-corrected chi connectivity index (χ1v) is 7.06. The Morgan fingerprint density at radius 2 is 2.05 bits per heavy atom. The maximum Gasteiger partial charge on any atom is 0.335 e. The summed E-state index contributed by atoms with van der Waals surface area (Å²) in [5.74, 6) is -0.930. The lowest BCUT2D eigenvalue weighted by atomic mass is 10.0. The molecule has 0 saturated carbocycles. The zero-order chi connectivity index (χ0) is 15.2. The number of carbonyl (C=O) groups is 2. The molecule has 0 fully saturated rings. The number of aromatic carboxylic acids is 1. The SMILES string of the molecule is CN(CCc1ccccc1C(=O)O)C(=O)N1CC=CCC1. The molecule has 1 aromatic carbocycles. The van der Waals surface area contributed by atoms with Gasteiger partial charge in [-0.15, -0.1) is 0 Å². The minimum absolute atomic E-state index is 0.00726. The first-order chi connectivity index (χ1) is 10.1. The van der Waals surface area contributed by atoms with E-state index in [1.807, 2.05) is 12.1 Å². The van der Waals surface area contributed by atoms with Crippen LogP contribution in [0.3, 0.4) is 0 Å². The van der Waals surface area contributed by atoms with Gasteiger partial charge >= 0.3 is 12.0 Å². The molecular formula is C16H20N2O3. The third-order valence-electron chi connectivity index (χ3n) is 3.62. The van der Waals surface area contributed by atoms with Crippen molar-refractivity contribution in [3.8, 4) is 0 Å². The van der Waals surface area contributed by atoms with Gasteiger partial charge in [0.1, 0.15) is 0 Å². The van der Waals surface area contributed by atoms with E-state index >= 15 is 0 Å². The Balaban J connectivity index is 1.95. The maximum absolute atomic E-state index is 12.2. The number of nitrogens with zero attached hydrogens (tertiary/aromatic N) is 2. The molecule has 0 spiro atoms. The summed E-state index contributed by atoms with van der Waals surface area (Å²) in [6.07, 6.45) is 5.50. The van der Waals surface area contributed by atoms with E-state index in [4.69, 9.17) is 5.11 Å². The third-order valence-corrected chi connectivity index (χ3v) is 3.62. The minimum atomic E-state index is -0.930. The molecule has 1 aliphatic rings. The quantitative estimate of drug-likeness (QED) is 0.864. The molecule has 5 heteroatoms. The molecular weight excluding hydrogens is 268 g/mol. The Bertz CT molecular complexity index is 554. The first-order valence-electron chi connectivity index (χ1n) is 7.06. The lowest BCUT2D eigenvalue weighted by molar-refractivity contribution is 0.0695. The molecule has 112 valence electrons. The zero-order valence-corrected chi connectivity index (χ0v) is 12.2. The standard InChI is InChI=1S/C16H20N2O3/c1-17(16(21)18-10-5-2-6-11-18)12-9-13-7-3-4-8-14(13)15(19)20/h2-5,7-8H,6,9-12H2,1H3,(H,19,20). The number of rotatable bonds is 4. The molecule has 21 heavy (non-hydrogen) atoms. The third kappa shape index (κ3) is 3.84. The highest BCUT2D eigenvalue weighted by atomic mass is 16.4. The number of hydrogen-bond acceptors (Lipinski definition) is 2. The molecule has 1 heterocycles. The van der Waals surface area contributed by atoms with Gasteiger partial charge in [0, 0.05) is 26.7 Å². The van der Waals surface area contributed by atoms with E-state index in [2.05, 4.69) is 6.08 Å². The number of benzene rings is 1. The number of carbonyl (C=O) groups excluding carboxylic acids is 1. The molecule has 1 aliphatic heterocycles. The Morgan fingerprint density at radius 1 is 1.29 bits per heavy atom. The van der Waals surface area contributed by atoms with E-state index in [1.54, 1.807) is 35.0 Å². The van der Waals surface area contributed by atoms with Gasteiger partial charge in [0.25, 0.3) is 0 Å². The number of carboxylic acids is 1. The van der Waals surface area contributed by atoms with Gasteiger partial charge in [0.15, 0.2) is 0 Å². The summed E-state index contributed by atoms with van der Waals surface area (Å²) < 4.78 is 0. The van der Waals surface area contributed by atoms with Crippen molar-refractivity contribution in [3.05, 3.63) is 47.5 Å². The highest BCUT2D eigenvalue weighted by Crippen LogP contribution is 2.11. The number of hydrogen-bond donors (Lipinski definition) is 1. The summed E-state index contributed by atoms with van der Waals surface area (Å²) in [5.41, 5.74) is 1.06. The molecule has 0 atom stereocenters. The van der Waals surface area contributed by atoms with Crippen molar-refractivity contribution < 1.29 is 14.7 Å². The Hall–Kier alpha value is -2.30. The van der Waals surface area contributed by atoms with Gasteiger partial charge in [-0.3, -0.25) is 0 Å². The van der Waals surface area contributed by atoms with Crippen molar-refractivity contribution in [2.45, 2.75) is 12.8 Å². The van der Waals surface area contributed by atoms with Gasteiger partial charge in [-0.05, 0) is 24.5 Å². The van der Waals surface area contributed by atoms with Crippen molar-refractivity contribution in [2.75, 3.05) is 26.7 Å². The Kier molecular flexibility index (Phi) is 4.98. The molecule has 2 amide bonds. The molecule has 0 unspecified atom stereocenters. The van der Waals surface area contributed by atoms with Gasteiger partial charge in [0.05, 0.1) is 5.56 Å². The highest BCUT2D eigenvalue weighted by Gasteiger charge is 2.18. The van der Waals surface area contributed by atoms with Crippen LogP contribution in [0.15, 0.2) is 36.4 Å². The lowest BCUT2D eigenvalue weighted by Gasteiger charge is -2.29. The normalized spacial score (nSPS) is 14.0. The summed E-state index contributed by atoms with van der Waals surface area (Å²) in [7, 11) is 1.75. The fraction of sp³-hybridized carbons (Fsp3) is 0.375. The monoisotopic (exact) mass is 288 g/mol. The molecule has 0 aliphatic carbocycles. The van der Waals surface area contributed by atoms with Crippen LogP contribution < -0.4 is 0 Å². The molecule has 1 N–H and O–H groups in total. The van der Waals surface area contributed by atoms with Gasteiger partial charge in [0.2, 0.25) is 0 Å². The second-order valence-corrected chi connectivity index (χ2v) is 5.12. The van der Waals surface area contributed by atoms with Crippen molar-refractivity contribution in [2.24, 2.45) is 0 Å². The largest absolute Gasteiger partial charge is 0.478 e. The van der Waals surface area contributed by atoms with Gasteiger partial charge in [-0.1, -0.05) is 30.4 Å². The van der Waals surface area contributed by atoms with Crippen molar-refractivity contribution in [1.29, 1.82) is 0 Å². The predicted molar refractivity (Wildman–Crippen MR) is 80.5 cm³/mol. The summed E-state index contributed by atoms with van der Waals surface area (Å²) >= 11 is 0. The van der Waals surface area contributed by atoms with E-state index in [0.717, 1.165) is 18.5 Å². The van der Waals surface area contributed by atoms with E-state index in [0.29, 0.717) is 25.1 Å².